The summed E-state index contributed by atoms with van der Waals surface area (Å²) in [5.41, 5.74) is -0.575. The second-order valence-corrected chi connectivity index (χ2v) is 11.7. The molecule has 35 heavy (non-hydrogen) atoms. The highest BCUT2D eigenvalue weighted by atomic mass is 16.6. The van der Waals surface area contributed by atoms with E-state index in [9.17, 15) is 19.8 Å². The smallest absolute Gasteiger partial charge is 0.345 e. The normalized spacial score (nSPS) is 31.1. The molecule has 2 fully saturated rings. The minimum atomic E-state index is -0.813. The number of aliphatic hydroxyl groups excluding tert-OH is 1. The van der Waals surface area contributed by atoms with Gasteiger partial charge in [-0.2, -0.15) is 0 Å². The molecule has 5 atom stereocenters. The molecule has 0 radical (unpaired) electrons. The minimum absolute atomic E-state index is 0.0554. The van der Waals surface area contributed by atoms with Crippen LogP contribution in [-0.4, -0.2) is 42.1 Å². The van der Waals surface area contributed by atoms with E-state index in [-0.39, 0.29) is 39.9 Å². The van der Waals surface area contributed by atoms with Crippen molar-refractivity contribution in [2.75, 3.05) is 14.2 Å². The van der Waals surface area contributed by atoms with Gasteiger partial charge in [-0.05, 0) is 88.4 Å². The van der Waals surface area contributed by atoms with Crippen molar-refractivity contribution in [1.82, 2.24) is 0 Å². The molecular weight excluding hydrogens is 448 g/mol. The zero-order valence-corrected chi connectivity index (χ0v) is 22.3. The van der Waals surface area contributed by atoms with Gasteiger partial charge in [0.05, 0.1) is 31.5 Å². The van der Waals surface area contributed by atoms with Gasteiger partial charge in [-0.3, -0.25) is 4.79 Å². The van der Waals surface area contributed by atoms with Crippen LogP contribution in [0.5, 0.6) is 5.95 Å². The number of carbonyl (C=O) groups excluding carboxylic acids is 1. The highest BCUT2D eigenvalue weighted by molar-refractivity contribution is 5.90. The van der Waals surface area contributed by atoms with E-state index >= 15 is 0 Å². The van der Waals surface area contributed by atoms with Gasteiger partial charge in [0.1, 0.15) is 11.3 Å². The van der Waals surface area contributed by atoms with Crippen molar-refractivity contribution in [2.45, 2.75) is 91.3 Å². The summed E-state index contributed by atoms with van der Waals surface area (Å²) in [6.45, 7) is 13.9. The van der Waals surface area contributed by atoms with Crippen LogP contribution in [0.2, 0.25) is 0 Å². The molecule has 0 bridgehead atoms. The van der Waals surface area contributed by atoms with Gasteiger partial charge in [0.2, 0.25) is 5.43 Å². The monoisotopic (exact) mass is 490 g/mol. The highest BCUT2D eigenvalue weighted by Crippen LogP contribution is 2.63. The van der Waals surface area contributed by atoms with Crippen LogP contribution in [0.3, 0.4) is 0 Å². The van der Waals surface area contributed by atoms with Crippen molar-refractivity contribution in [1.29, 1.82) is 0 Å². The van der Waals surface area contributed by atoms with Crippen LogP contribution in [0.15, 0.2) is 21.4 Å². The molecule has 2 N–H and O–H groups in total. The number of esters is 1. The van der Waals surface area contributed by atoms with E-state index in [1.165, 1.54) is 14.2 Å². The van der Waals surface area contributed by atoms with Gasteiger partial charge < -0.3 is 24.1 Å². The van der Waals surface area contributed by atoms with E-state index in [2.05, 4.69) is 20.4 Å². The van der Waals surface area contributed by atoms with Crippen LogP contribution < -0.4 is 10.2 Å². The van der Waals surface area contributed by atoms with Gasteiger partial charge in [-0.25, -0.2) is 4.79 Å². The van der Waals surface area contributed by atoms with Crippen molar-refractivity contribution < 1.29 is 28.9 Å². The van der Waals surface area contributed by atoms with E-state index in [1.807, 2.05) is 0 Å². The van der Waals surface area contributed by atoms with Gasteiger partial charge in [0.15, 0.2) is 0 Å². The summed E-state index contributed by atoms with van der Waals surface area (Å²) in [6.07, 6.45) is 4.31. The van der Waals surface area contributed by atoms with Crippen molar-refractivity contribution in [3.8, 4) is 5.95 Å². The number of aryl methyl sites for hydroxylation is 1. The molecule has 2 aliphatic carbocycles. The largest absolute Gasteiger partial charge is 0.468 e. The quantitative estimate of drug-likeness (QED) is 0.425. The Morgan fingerprint density at radius 1 is 1.26 bits per heavy atom. The number of rotatable bonds is 7. The molecule has 0 amide bonds. The molecule has 1 heterocycles. The molecule has 1 aromatic heterocycles. The molecule has 0 unspecified atom stereocenters. The van der Waals surface area contributed by atoms with Gasteiger partial charge in [-0.15, -0.1) is 0 Å². The van der Waals surface area contributed by atoms with E-state index in [4.69, 9.17) is 13.9 Å². The van der Waals surface area contributed by atoms with Gasteiger partial charge >= 0.3 is 5.97 Å². The van der Waals surface area contributed by atoms with Gasteiger partial charge in [-0.1, -0.05) is 26.0 Å². The maximum atomic E-state index is 13.5. The fourth-order valence-corrected chi connectivity index (χ4v) is 6.82. The minimum Gasteiger partial charge on any atom is -0.468 e. The van der Waals surface area contributed by atoms with Crippen molar-refractivity contribution in [3.05, 3.63) is 39.3 Å². The molecule has 0 saturated heterocycles. The van der Waals surface area contributed by atoms with Crippen molar-refractivity contribution >= 4 is 5.97 Å². The summed E-state index contributed by atoms with van der Waals surface area (Å²) < 4.78 is 16.0. The van der Waals surface area contributed by atoms with E-state index in [0.29, 0.717) is 31.2 Å². The third kappa shape index (κ3) is 4.94. The first-order valence-corrected chi connectivity index (χ1v) is 12.6. The molecule has 7 heteroatoms. The second kappa shape index (κ2) is 9.74. The fourth-order valence-electron chi connectivity index (χ4n) is 6.82. The number of carbonyl (C=O) groups is 1. The Morgan fingerprint density at radius 3 is 2.49 bits per heavy atom. The van der Waals surface area contributed by atoms with Crippen LogP contribution in [0.25, 0.3) is 0 Å². The van der Waals surface area contributed by atoms with E-state index < -0.39 is 23.1 Å². The first kappa shape index (κ1) is 27.5. The van der Waals surface area contributed by atoms with E-state index in [0.717, 1.165) is 24.8 Å². The Bertz CT molecular complexity index is 1030. The summed E-state index contributed by atoms with van der Waals surface area (Å²) in [6, 6.07) is 0. The average Bonchev–Trinajstić information content (AvgIpc) is 2.78. The van der Waals surface area contributed by atoms with Crippen LogP contribution in [0, 0.1) is 29.6 Å². The summed E-state index contributed by atoms with van der Waals surface area (Å²) in [7, 11) is 2.69. The Labute approximate surface area is 208 Å². The van der Waals surface area contributed by atoms with Gasteiger partial charge in [0.25, 0.3) is 5.95 Å². The van der Waals surface area contributed by atoms with Gasteiger partial charge in [0, 0.05) is 0 Å². The van der Waals surface area contributed by atoms with E-state index in [1.54, 1.807) is 20.8 Å². The zero-order valence-electron chi connectivity index (χ0n) is 22.3. The summed E-state index contributed by atoms with van der Waals surface area (Å²) in [4.78, 5) is 25.8. The molecule has 7 nitrogen and oxygen atoms in total. The molecule has 0 spiro atoms. The first-order chi connectivity index (χ1) is 16.2. The van der Waals surface area contributed by atoms with Crippen LogP contribution in [-0.2, 0) is 11.2 Å². The lowest BCUT2D eigenvalue weighted by molar-refractivity contribution is -0.142. The Hall–Kier alpha value is -2.12. The number of hydrogen-bond donors (Lipinski definition) is 2. The molecule has 3 rings (SSSR count). The number of methoxy groups -OCH3 is 2. The maximum absolute atomic E-state index is 13.5. The molecule has 0 aliphatic heterocycles. The maximum Gasteiger partial charge on any atom is 0.345 e. The van der Waals surface area contributed by atoms with Crippen LogP contribution >= 0.6 is 0 Å². The Kier molecular flexibility index (Phi) is 7.64. The average molecular weight is 491 g/mol. The fraction of sp³-hybridized carbons (Fsp3) is 0.714. The lowest BCUT2D eigenvalue weighted by atomic mass is 9.45. The predicted octanol–water partition coefficient (Wildman–Crippen LogP) is 4.59. The van der Waals surface area contributed by atoms with Crippen molar-refractivity contribution in [3.63, 3.8) is 0 Å². The topological polar surface area (TPSA) is 106 Å². The standard InChI is InChI=1S/C28H42O7/c1-16-9-10-20-27(5,12-11-21(29)28(20,6)14-13-26(3,4)32)19(16)15-18-23(30)22(24(31)33-7)17(2)35-25(18)34-8/h19-21,29,32H,1,9-15H2,2-8H3/t19-,20-,21+,27+,28-/m1/s1. The molecule has 1 aromatic rings. The third-order valence-corrected chi connectivity index (χ3v) is 8.96. The number of hydrogen-bond acceptors (Lipinski definition) is 7. The summed E-state index contributed by atoms with van der Waals surface area (Å²) in [5, 5.41) is 21.6. The lowest BCUT2D eigenvalue weighted by Gasteiger charge is -2.60. The SMILES string of the molecule is C=C1CC[C@@H]2[C@@](C)(CC[C@H](O)[C@]2(C)CCC(C)(C)O)[C@@H]1Cc1c(OC)oc(C)c(C(=O)OC)c1=O. The molecule has 0 aromatic carbocycles. The lowest BCUT2D eigenvalue weighted by Crippen LogP contribution is -2.56. The Morgan fingerprint density at radius 2 is 1.91 bits per heavy atom. The number of aliphatic hydroxyl groups is 2. The molecular formula is C28H42O7. The second-order valence-electron chi connectivity index (χ2n) is 11.7. The number of ether oxygens (including phenoxy) is 2. The number of allylic oxidation sites excluding steroid dienone is 1. The number of fused-ring (bicyclic) bond motifs is 1. The predicted molar refractivity (Wildman–Crippen MR) is 134 cm³/mol. The molecule has 2 saturated carbocycles. The van der Waals surface area contributed by atoms with Crippen LogP contribution in [0.4, 0.5) is 0 Å². The summed E-state index contributed by atoms with van der Waals surface area (Å²) in [5.74, 6) is -0.333. The van der Waals surface area contributed by atoms with Crippen LogP contribution in [0.1, 0.15) is 87.9 Å². The highest BCUT2D eigenvalue weighted by Gasteiger charge is 2.57. The third-order valence-electron chi connectivity index (χ3n) is 8.96. The Balaban J connectivity index is 2.06. The summed E-state index contributed by atoms with van der Waals surface area (Å²) >= 11 is 0. The van der Waals surface area contributed by atoms with Crippen molar-refractivity contribution in [2.24, 2.45) is 22.7 Å². The zero-order chi connectivity index (χ0) is 26.3. The first-order valence-electron chi connectivity index (χ1n) is 12.6. The molecule has 2 aliphatic rings. The molecule has 196 valence electrons.